The summed E-state index contributed by atoms with van der Waals surface area (Å²) in [6.07, 6.45) is 2.54. The van der Waals surface area contributed by atoms with E-state index < -0.39 is 5.97 Å². The molecule has 2 aliphatic heterocycles. The van der Waals surface area contributed by atoms with Crippen molar-refractivity contribution in [1.29, 1.82) is 0 Å². The van der Waals surface area contributed by atoms with Gasteiger partial charge in [0.2, 0.25) is 0 Å². The monoisotopic (exact) mass is 290 g/mol. The Balaban J connectivity index is 1.50. The molecule has 2 heterocycles. The molecule has 0 aliphatic carbocycles. The zero-order valence-corrected chi connectivity index (χ0v) is 12.2. The predicted molar refractivity (Wildman–Crippen MR) is 80.9 cm³/mol. The van der Waals surface area contributed by atoms with Crippen molar-refractivity contribution in [2.45, 2.75) is 19.3 Å². The van der Waals surface area contributed by atoms with Gasteiger partial charge in [-0.3, -0.25) is 4.79 Å². The minimum Gasteiger partial charge on any atom is -0.490 e. The SMILES string of the molecule is O=C(O)C1CCN(CCc2ccc3c(c2)NCCO3)CC1. The minimum atomic E-state index is -0.643. The lowest BCUT2D eigenvalue weighted by atomic mass is 9.97. The molecular formula is C16H22N2O3. The van der Waals surface area contributed by atoms with Gasteiger partial charge < -0.3 is 20.1 Å². The van der Waals surface area contributed by atoms with E-state index in [1.807, 2.05) is 6.07 Å². The summed E-state index contributed by atoms with van der Waals surface area (Å²) < 4.78 is 5.58. The van der Waals surface area contributed by atoms with Gasteiger partial charge >= 0.3 is 5.97 Å². The highest BCUT2D eigenvalue weighted by molar-refractivity contribution is 5.70. The van der Waals surface area contributed by atoms with Crippen LogP contribution in [-0.4, -0.2) is 48.8 Å². The zero-order chi connectivity index (χ0) is 14.7. The lowest BCUT2D eigenvalue weighted by Crippen LogP contribution is -2.37. The number of rotatable bonds is 4. The normalized spacial score (nSPS) is 19.4. The molecule has 0 aromatic heterocycles. The van der Waals surface area contributed by atoms with Gasteiger partial charge in [0.1, 0.15) is 12.4 Å². The summed E-state index contributed by atoms with van der Waals surface area (Å²) in [6, 6.07) is 6.32. The summed E-state index contributed by atoms with van der Waals surface area (Å²) >= 11 is 0. The number of carboxylic acids is 1. The first-order chi connectivity index (χ1) is 10.2. The van der Waals surface area contributed by atoms with Gasteiger partial charge in [-0.05, 0) is 50.0 Å². The molecule has 0 amide bonds. The van der Waals surface area contributed by atoms with E-state index in [0.717, 1.165) is 63.5 Å². The topological polar surface area (TPSA) is 61.8 Å². The van der Waals surface area contributed by atoms with E-state index in [1.165, 1.54) is 5.56 Å². The van der Waals surface area contributed by atoms with Crippen molar-refractivity contribution < 1.29 is 14.6 Å². The number of hydrogen-bond acceptors (Lipinski definition) is 4. The van der Waals surface area contributed by atoms with Gasteiger partial charge in [0.15, 0.2) is 0 Å². The van der Waals surface area contributed by atoms with Gasteiger partial charge in [-0.15, -0.1) is 0 Å². The lowest BCUT2D eigenvalue weighted by molar-refractivity contribution is -0.143. The Morgan fingerprint density at radius 2 is 2.19 bits per heavy atom. The van der Waals surface area contributed by atoms with Crippen molar-refractivity contribution in [3.63, 3.8) is 0 Å². The van der Waals surface area contributed by atoms with Crippen molar-refractivity contribution in [3.05, 3.63) is 23.8 Å². The molecule has 5 nitrogen and oxygen atoms in total. The molecule has 21 heavy (non-hydrogen) atoms. The molecule has 1 aromatic carbocycles. The van der Waals surface area contributed by atoms with Crippen molar-refractivity contribution in [1.82, 2.24) is 4.90 Å². The van der Waals surface area contributed by atoms with Crippen LogP contribution in [0.25, 0.3) is 0 Å². The highest BCUT2D eigenvalue weighted by Crippen LogP contribution is 2.28. The lowest BCUT2D eigenvalue weighted by Gasteiger charge is -2.30. The summed E-state index contributed by atoms with van der Waals surface area (Å²) in [4.78, 5) is 13.3. The number of anilines is 1. The van der Waals surface area contributed by atoms with E-state index in [1.54, 1.807) is 0 Å². The molecule has 0 atom stereocenters. The van der Waals surface area contributed by atoms with Gasteiger partial charge in [0, 0.05) is 13.1 Å². The molecule has 114 valence electrons. The van der Waals surface area contributed by atoms with E-state index in [-0.39, 0.29) is 5.92 Å². The van der Waals surface area contributed by atoms with Crippen LogP contribution in [0.2, 0.25) is 0 Å². The van der Waals surface area contributed by atoms with Crippen LogP contribution in [0.3, 0.4) is 0 Å². The average molecular weight is 290 g/mol. The molecule has 1 fully saturated rings. The third kappa shape index (κ3) is 3.47. The second-order valence-corrected chi connectivity index (χ2v) is 5.81. The molecule has 1 aromatic rings. The van der Waals surface area contributed by atoms with Crippen molar-refractivity contribution in [2.24, 2.45) is 5.92 Å². The van der Waals surface area contributed by atoms with Crippen LogP contribution in [0.15, 0.2) is 18.2 Å². The van der Waals surface area contributed by atoms with Gasteiger partial charge in [-0.25, -0.2) is 0 Å². The Morgan fingerprint density at radius 1 is 1.38 bits per heavy atom. The molecule has 2 N–H and O–H groups in total. The number of hydrogen-bond donors (Lipinski definition) is 2. The first-order valence-corrected chi connectivity index (χ1v) is 7.67. The van der Waals surface area contributed by atoms with E-state index >= 15 is 0 Å². The predicted octanol–water partition coefficient (Wildman–Crippen LogP) is 1.83. The number of likely N-dealkylation sites (tertiary alicyclic amines) is 1. The number of benzene rings is 1. The Labute approximate surface area is 124 Å². The summed E-state index contributed by atoms with van der Waals surface area (Å²) in [5, 5.41) is 12.4. The third-order valence-corrected chi connectivity index (χ3v) is 4.37. The molecule has 2 aliphatic rings. The van der Waals surface area contributed by atoms with E-state index in [2.05, 4.69) is 22.3 Å². The minimum absolute atomic E-state index is 0.147. The summed E-state index contributed by atoms with van der Waals surface area (Å²) in [6.45, 7) is 4.36. The molecule has 0 spiro atoms. The molecule has 1 saturated heterocycles. The number of fused-ring (bicyclic) bond motifs is 1. The number of carboxylic acid groups (broad SMARTS) is 1. The standard InChI is InChI=1S/C16H22N2O3/c19-16(20)13-4-8-18(9-5-13)7-3-12-1-2-15-14(11-12)17-6-10-21-15/h1-2,11,13,17H,3-10H2,(H,19,20). The molecule has 0 saturated carbocycles. The maximum atomic E-state index is 10.9. The molecule has 0 unspecified atom stereocenters. The van der Waals surface area contributed by atoms with E-state index in [9.17, 15) is 4.79 Å². The molecule has 3 rings (SSSR count). The van der Waals surface area contributed by atoms with Crippen LogP contribution < -0.4 is 10.1 Å². The van der Waals surface area contributed by atoms with Gasteiger partial charge in [-0.2, -0.15) is 0 Å². The first-order valence-electron chi connectivity index (χ1n) is 7.67. The third-order valence-electron chi connectivity index (χ3n) is 4.37. The number of nitrogens with zero attached hydrogens (tertiary/aromatic N) is 1. The Morgan fingerprint density at radius 3 is 2.95 bits per heavy atom. The molecule has 0 bridgehead atoms. The van der Waals surface area contributed by atoms with Crippen LogP contribution in [0, 0.1) is 5.92 Å². The number of ether oxygens (including phenoxy) is 1. The van der Waals surface area contributed by atoms with Gasteiger partial charge in [0.25, 0.3) is 0 Å². The Bertz CT molecular complexity index is 510. The fraction of sp³-hybridized carbons (Fsp3) is 0.562. The number of carbonyl (C=O) groups is 1. The summed E-state index contributed by atoms with van der Waals surface area (Å²) in [7, 11) is 0. The number of aliphatic carboxylic acids is 1. The maximum Gasteiger partial charge on any atom is 0.306 e. The largest absolute Gasteiger partial charge is 0.490 e. The zero-order valence-electron chi connectivity index (χ0n) is 12.2. The van der Waals surface area contributed by atoms with Crippen LogP contribution >= 0.6 is 0 Å². The van der Waals surface area contributed by atoms with Crippen LogP contribution in [0.1, 0.15) is 18.4 Å². The first kappa shape index (κ1) is 14.2. The van der Waals surface area contributed by atoms with Crippen LogP contribution in [0.4, 0.5) is 5.69 Å². The quantitative estimate of drug-likeness (QED) is 0.886. The van der Waals surface area contributed by atoms with Crippen molar-refractivity contribution >= 4 is 11.7 Å². The van der Waals surface area contributed by atoms with Crippen LogP contribution in [0.5, 0.6) is 5.75 Å². The fourth-order valence-corrected chi connectivity index (χ4v) is 3.03. The molecule has 0 radical (unpaired) electrons. The second kappa shape index (κ2) is 6.35. The maximum absolute atomic E-state index is 10.9. The van der Waals surface area contributed by atoms with E-state index in [0.29, 0.717) is 0 Å². The Hall–Kier alpha value is -1.75. The average Bonchev–Trinajstić information content (AvgIpc) is 2.53. The smallest absolute Gasteiger partial charge is 0.306 e. The van der Waals surface area contributed by atoms with E-state index in [4.69, 9.17) is 9.84 Å². The van der Waals surface area contributed by atoms with Crippen molar-refractivity contribution in [3.8, 4) is 5.75 Å². The molecule has 5 heteroatoms. The van der Waals surface area contributed by atoms with Gasteiger partial charge in [-0.1, -0.05) is 6.07 Å². The van der Waals surface area contributed by atoms with Crippen molar-refractivity contribution in [2.75, 3.05) is 38.1 Å². The fourth-order valence-electron chi connectivity index (χ4n) is 3.03. The van der Waals surface area contributed by atoms with Crippen LogP contribution in [-0.2, 0) is 11.2 Å². The Kier molecular flexibility index (Phi) is 4.29. The highest BCUT2D eigenvalue weighted by atomic mass is 16.5. The number of nitrogens with one attached hydrogen (secondary N) is 1. The highest BCUT2D eigenvalue weighted by Gasteiger charge is 2.24. The summed E-state index contributed by atoms with van der Waals surface area (Å²) in [5.41, 5.74) is 2.38. The summed E-state index contributed by atoms with van der Waals surface area (Å²) in [5.74, 6) is 0.147. The molecular weight excluding hydrogens is 268 g/mol. The second-order valence-electron chi connectivity index (χ2n) is 5.81. The van der Waals surface area contributed by atoms with Gasteiger partial charge in [0.05, 0.1) is 11.6 Å². The number of piperidine rings is 1.